The molecule has 24 heavy (non-hydrogen) atoms. The van der Waals surface area contributed by atoms with E-state index in [1.54, 1.807) is 7.05 Å². The zero-order chi connectivity index (χ0) is 16.9. The molecule has 0 radical (unpaired) electrons. The molecule has 1 aliphatic carbocycles. The van der Waals surface area contributed by atoms with Crippen molar-refractivity contribution in [3.63, 3.8) is 0 Å². The number of alkyl halides is 2. The van der Waals surface area contributed by atoms with Crippen molar-refractivity contribution >= 4 is 0 Å². The highest BCUT2D eigenvalue weighted by Gasteiger charge is 2.50. The van der Waals surface area contributed by atoms with E-state index in [2.05, 4.69) is 21.3 Å². The Morgan fingerprint density at radius 3 is 2.67 bits per heavy atom. The third kappa shape index (κ3) is 2.15. The van der Waals surface area contributed by atoms with Crippen LogP contribution in [0.3, 0.4) is 0 Å². The topological polar surface area (TPSA) is 56.7 Å². The molecule has 7 heteroatoms. The van der Waals surface area contributed by atoms with Crippen molar-refractivity contribution in [2.24, 2.45) is 7.05 Å². The van der Waals surface area contributed by atoms with E-state index in [-0.39, 0.29) is 22.6 Å². The van der Waals surface area contributed by atoms with E-state index in [9.17, 15) is 8.78 Å². The number of benzene rings is 1. The van der Waals surface area contributed by atoms with Crippen molar-refractivity contribution in [2.75, 3.05) is 0 Å². The van der Waals surface area contributed by atoms with Crippen molar-refractivity contribution in [3.05, 3.63) is 53.0 Å². The Kier molecular flexibility index (Phi) is 3.26. The molecule has 0 aliphatic heterocycles. The Balaban J connectivity index is 1.77. The highest BCUT2D eigenvalue weighted by Crippen LogP contribution is 2.53. The first kappa shape index (κ1) is 15.0. The van der Waals surface area contributed by atoms with Crippen LogP contribution in [0, 0.1) is 6.92 Å². The van der Waals surface area contributed by atoms with E-state index < -0.39 is 6.43 Å². The predicted molar refractivity (Wildman–Crippen MR) is 82.7 cm³/mol. The number of hydrogen-bond donors (Lipinski definition) is 0. The minimum absolute atomic E-state index is 0.0835. The molecular formula is C17H16F2N4O. The number of nitrogens with zero attached hydrogens (tertiary/aromatic N) is 4. The fourth-order valence-electron chi connectivity index (χ4n) is 3.24. The molecule has 1 saturated carbocycles. The lowest BCUT2D eigenvalue weighted by molar-refractivity contribution is 0.151. The Morgan fingerprint density at radius 1 is 1.25 bits per heavy atom. The molecule has 1 aromatic carbocycles. The molecule has 2 heterocycles. The van der Waals surface area contributed by atoms with Gasteiger partial charge < -0.3 is 4.52 Å². The smallest absolute Gasteiger partial charge is 0.276 e. The van der Waals surface area contributed by atoms with Gasteiger partial charge in [-0.25, -0.2) is 8.78 Å². The number of aromatic nitrogens is 4. The molecule has 1 fully saturated rings. The van der Waals surface area contributed by atoms with Crippen LogP contribution in [-0.4, -0.2) is 19.9 Å². The third-order valence-electron chi connectivity index (χ3n) is 4.67. The molecule has 2 aromatic heterocycles. The monoisotopic (exact) mass is 330 g/mol. The molecule has 0 atom stereocenters. The van der Waals surface area contributed by atoms with Crippen LogP contribution in [-0.2, 0) is 12.5 Å². The van der Waals surface area contributed by atoms with Gasteiger partial charge in [-0.2, -0.15) is 10.1 Å². The van der Waals surface area contributed by atoms with Gasteiger partial charge in [0.1, 0.15) is 5.69 Å². The normalized spacial score (nSPS) is 15.9. The fraction of sp³-hybridized carbons (Fsp3) is 0.353. The van der Waals surface area contributed by atoms with Gasteiger partial charge >= 0.3 is 0 Å². The van der Waals surface area contributed by atoms with Gasteiger partial charge in [-0.05, 0) is 30.9 Å². The Morgan fingerprint density at radius 2 is 2.00 bits per heavy atom. The Labute approximate surface area is 137 Å². The molecule has 1 aliphatic rings. The summed E-state index contributed by atoms with van der Waals surface area (Å²) in [4.78, 5) is 4.44. The zero-order valence-electron chi connectivity index (χ0n) is 13.3. The summed E-state index contributed by atoms with van der Waals surface area (Å²) >= 11 is 0. The zero-order valence-corrected chi connectivity index (χ0v) is 13.3. The average molecular weight is 330 g/mol. The average Bonchev–Trinajstić information content (AvgIpc) is 3.03. The maximum Gasteiger partial charge on any atom is 0.276 e. The number of halogens is 2. The van der Waals surface area contributed by atoms with Crippen LogP contribution in [0.25, 0.3) is 11.6 Å². The first-order valence-electron chi connectivity index (χ1n) is 7.73. The largest absolute Gasteiger partial charge is 0.332 e. The number of aryl methyl sites for hydroxylation is 2. The van der Waals surface area contributed by atoms with Crippen LogP contribution in [0.15, 0.2) is 35.0 Å². The summed E-state index contributed by atoms with van der Waals surface area (Å²) in [6.45, 7) is 2.05. The maximum atomic E-state index is 13.2. The van der Waals surface area contributed by atoms with E-state index in [4.69, 9.17) is 4.52 Å². The second-order valence-corrected chi connectivity index (χ2v) is 6.19. The quantitative estimate of drug-likeness (QED) is 0.730. The van der Waals surface area contributed by atoms with E-state index in [1.807, 2.05) is 25.1 Å². The van der Waals surface area contributed by atoms with Crippen molar-refractivity contribution in [1.29, 1.82) is 0 Å². The summed E-state index contributed by atoms with van der Waals surface area (Å²) in [5.41, 5.74) is 2.03. The van der Waals surface area contributed by atoms with Gasteiger partial charge in [-0.1, -0.05) is 29.4 Å². The van der Waals surface area contributed by atoms with Gasteiger partial charge in [0.05, 0.1) is 17.2 Å². The van der Waals surface area contributed by atoms with Crippen LogP contribution >= 0.6 is 0 Å². The lowest BCUT2D eigenvalue weighted by Crippen LogP contribution is -2.12. The van der Waals surface area contributed by atoms with E-state index in [1.165, 1.54) is 4.68 Å². The minimum atomic E-state index is -2.64. The molecule has 0 unspecified atom stereocenters. The highest BCUT2D eigenvalue weighted by atomic mass is 19.3. The lowest BCUT2D eigenvalue weighted by atomic mass is 9.91. The molecule has 4 rings (SSSR count). The Bertz CT molecular complexity index is 896. The van der Waals surface area contributed by atoms with Crippen molar-refractivity contribution in [1.82, 2.24) is 19.9 Å². The van der Waals surface area contributed by atoms with E-state index in [0.717, 1.165) is 30.2 Å². The summed E-state index contributed by atoms with van der Waals surface area (Å²) < 4.78 is 33.0. The van der Waals surface area contributed by atoms with Gasteiger partial charge in [0.15, 0.2) is 5.82 Å². The SMILES string of the molecule is Cc1ccccc1C1(c2noc(-c3c(C(F)F)cnn3C)n2)CC1. The van der Waals surface area contributed by atoms with Crippen LogP contribution < -0.4 is 0 Å². The van der Waals surface area contributed by atoms with Gasteiger partial charge in [0.2, 0.25) is 0 Å². The van der Waals surface area contributed by atoms with Gasteiger partial charge in [-0.3, -0.25) is 4.68 Å². The minimum Gasteiger partial charge on any atom is -0.332 e. The molecule has 124 valence electrons. The van der Waals surface area contributed by atoms with Crippen molar-refractivity contribution < 1.29 is 13.3 Å². The highest BCUT2D eigenvalue weighted by molar-refractivity contribution is 5.54. The summed E-state index contributed by atoms with van der Waals surface area (Å²) in [6, 6.07) is 8.08. The molecule has 0 amide bonds. The van der Waals surface area contributed by atoms with Crippen molar-refractivity contribution in [3.8, 4) is 11.6 Å². The summed E-state index contributed by atoms with van der Waals surface area (Å²) in [5.74, 6) is 0.633. The summed E-state index contributed by atoms with van der Waals surface area (Å²) in [5, 5.41) is 7.98. The molecule has 5 nitrogen and oxygen atoms in total. The lowest BCUT2D eigenvalue weighted by Gasteiger charge is -2.13. The summed E-state index contributed by atoms with van der Waals surface area (Å²) in [7, 11) is 1.58. The van der Waals surface area contributed by atoms with Crippen LogP contribution in [0.4, 0.5) is 8.78 Å². The summed E-state index contributed by atoms with van der Waals surface area (Å²) in [6.07, 6.45) is 0.335. The molecule has 0 saturated heterocycles. The van der Waals surface area contributed by atoms with Crippen LogP contribution in [0.2, 0.25) is 0 Å². The first-order valence-corrected chi connectivity index (χ1v) is 7.73. The number of hydrogen-bond acceptors (Lipinski definition) is 4. The van der Waals surface area contributed by atoms with Crippen molar-refractivity contribution in [2.45, 2.75) is 31.6 Å². The van der Waals surface area contributed by atoms with E-state index >= 15 is 0 Å². The molecule has 3 aromatic rings. The third-order valence-corrected chi connectivity index (χ3v) is 4.67. The maximum absolute atomic E-state index is 13.2. The fourth-order valence-corrected chi connectivity index (χ4v) is 3.24. The molecule has 0 bridgehead atoms. The predicted octanol–water partition coefficient (Wildman–Crippen LogP) is 3.80. The van der Waals surface area contributed by atoms with Gasteiger partial charge in [0, 0.05) is 7.05 Å². The van der Waals surface area contributed by atoms with Crippen LogP contribution in [0.5, 0.6) is 0 Å². The molecule has 0 spiro atoms. The van der Waals surface area contributed by atoms with Crippen LogP contribution in [0.1, 0.15) is 41.8 Å². The Hall–Kier alpha value is -2.57. The standard InChI is InChI=1S/C17H16F2N4O/c1-10-5-3-4-6-12(10)17(7-8-17)16-21-15(24-22-16)13-11(14(18)19)9-20-23(13)2/h3-6,9,14H,7-8H2,1-2H3. The van der Waals surface area contributed by atoms with Gasteiger partial charge in [-0.15, -0.1) is 0 Å². The number of rotatable bonds is 4. The molecule has 0 N–H and O–H groups in total. The second-order valence-electron chi connectivity index (χ2n) is 6.19. The van der Waals surface area contributed by atoms with Gasteiger partial charge in [0.25, 0.3) is 12.3 Å². The second kappa shape index (κ2) is 5.22. The first-order chi connectivity index (χ1) is 11.5. The molecular weight excluding hydrogens is 314 g/mol. The van der Waals surface area contributed by atoms with E-state index in [0.29, 0.717) is 5.82 Å².